The molecule has 0 spiro atoms. The molecule has 2 aromatic rings. The molecule has 11 heteroatoms. The predicted molar refractivity (Wildman–Crippen MR) is 107 cm³/mol. The van der Waals surface area contributed by atoms with Crippen molar-refractivity contribution in [3.05, 3.63) is 35.5 Å². The Hall–Kier alpha value is -3.68. The van der Waals surface area contributed by atoms with E-state index < -0.39 is 23.8 Å². The zero-order chi connectivity index (χ0) is 21.8. The van der Waals surface area contributed by atoms with Crippen molar-refractivity contribution in [1.82, 2.24) is 15.3 Å². The van der Waals surface area contributed by atoms with Gasteiger partial charge in [0.2, 0.25) is 0 Å². The first-order valence-corrected chi connectivity index (χ1v) is 9.29. The van der Waals surface area contributed by atoms with E-state index in [2.05, 4.69) is 31.2 Å². The minimum atomic E-state index is -1.18. The van der Waals surface area contributed by atoms with Crippen LogP contribution < -0.4 is 21.3 Å². The number of nitrogens with zero attached hydrogens (tertiary/aromatic N) is 3. The number of hydrogen-bond donors (Lipinski definition) is 5. The maximum absolute atomic E-state index is 14.6. The van der Waals surface area contributed by atoms with E-state index in [0.29, 0.717) is 0 Å². The lowest BCUT2D eigenvalue weighted by Gasteiger charge is -2.26. The minimum absolute atomic E-state index is 0.0215. The first-order valence-electron chi connectivity index (χ1n) is 9.29. The van der Waals surface area contributed by atoms with E-state index in [0.717, 1.165) is 18.9 Å². The van der Waals surface area contributed by atoms with Crippen molar-refractivity contribution in [1.29, 1.82) is 5.26 Å². The molecule has 9 nitrogen and oxygen atoms in total. The Morgan fingerprint density at radius 2 is 1.97 bits per heavy atom. The maximum atomic E-state index is 14.6. The lowest BCUT2D eigenvalue weighted by molar-refractivity contribution is 0.188. The molecular formula is C19H21F2N7O2. The molecule has 2 aromatic heterocycles. The monoisotopic (exact) mass is 417 g/mol. The third-order valence-corrected chi connectivity index (χ3v) is 4.76. The van der Waals surface area contributed by atoms with Gasteiger partial charge < -0.3 is 26.4 Å². The largest absolute Gasteiger partial charge is 0.465 e. The van der Waals surface area contributed by atoms with Gasteiger partial charge in [-0.25, -0.2) is 23.5 Å². The van der Waals surface area contributed by atoms with Crippen molar-refractivity contribution in [2.24, 2.45) is 5.92 Å². The Labute approximate surface area is 171 Å². The number of aromatic nitrogens is 2. The fraction of sp³-hybridized carbons (Fsp3) is 0.368. The molecular weight excluding hydrogens is 396 g/mol. The Morgan fingerprint density at radius 1 is 1.27 bits per heavy atom. The summed E-state index contributed by atoms with van der Waals surface area (Å²) >= 11 is 0. The fourth-order valence-electron chi connectivity index (χ4n) is 3.15. The molecule has 2 atom stereocenters. The van der Waals surface area contributed by atoms with Crippen molar-refractivity contribution in [2.45, 2.75) is 31.8 Å². The lowest BCUT2D eigenvalue weighted by Crippen LogP contribution is -2.45. The van der Waals surface area contributed by atoms with Crippen molar-refractivity contribution in [3.63, 3.8) is 0 Å². The van der Waals surface area contributed by atoms with E-state index in [9.17, 15) is 18.8 Å². The number of hydrogen-bond acceptors (Lipinski definition) is 7. The van der Waals surface area contributed by atoms with Crippen molar-refractivity contribution in [2.75, 3.05) is 23.0 Å². The third-order valence-electron chi connectivity index (χ3n) is 4.76. The fourth-order valence-corrected chi connectivity index (χ4v) is 3.15. The summed E-state index contributed by atoms with van der Waals surface area (Å²) in [4.78, 5) is 19.0. The zero-order valence-corrected chi connectivity index (χ0v) is 16.3. The average molecular weight is 417 g/mol. The van der Waals surface area contributed by atoms with E-state index in [-0.39, 0.29) is 40.7 Å². The molecule has 0 unspecified atom stereocenters. The molecule has 1 amide bonds. The highest BCUT2D eigenvalue weighted by atomic mass is 19.1. The standard InChI is InChI=1S/C19H21F2N7O2/c1-9(25-19(29)30)15(10-3-4-10)27-18-13(20)5-11(7-22)16(28-18)26-12-6-14(21)17(23-2)24-8-12/h5-6,8-10,15,25H,3-4H2,1-2H3,(H,23,24)(H,29,30)(H2,26,27,28)/t9-,15+/m0/s1. The molecule has 1 fully saturated rings. The van der Waals surface area contributed by atoms with Gasteiger partial charge in [0.15, 0.2) is 29.1 Å². The molecule has 2 heterocycles. The van der Waals surface area contributed by atoms with Crippen LogP contribution in [0.5, 0.6) is 0 Å². The van der Waals surface area contributed by atoms with Crippen molar-refractivity contribution >= 4 is 29.2 Å². The number of carboxylic acid groups (broad SMARTS) is 1. The molecule has 5 N–H and O–H groups in total. The molecule has 0 aromatic carbocycles. The summed E-state index contributed by atoms with van der Waals surface area (Å²) < 4.78 is 28.5. The molecule has 0 bridgehead atoms. The molecule has 0 saturated heterocycles. The van der Waals surface area contributed by atoms with Crippen LogP contribution in [-0.4, -0.2) is 40.3 Å². The number of nitriles is 1. The van der Waals surface area contributed by atoms with Crippen LogP contribution in [0.1, 0.15) is 25.3 Å². The number of nitrogens with one attached hydrogen (secondary N) is 4. The molecule has 3 rings (SSSR count). The summed E-state index contributed by atoms with van der Waals surface area (Å²) in [5.41, 5.74) is 0.156. The zero-order valence-electron chi connectivity index (χ0n) is 16.3. The number of carbonyl (C=O) groups is 1. The lowest BCUT2D eigenvalue weighted by atomic mass is 10.0. The summed E-state index contributed by atoms with van der Waals surface area (Å²) in [6.07, 6.45) is 1.94. The van der Waals surface area contributed by atoms with E-state index in [4.69, 9.17) is 5.11 Å². The van der Waals surface area contributed by atoms with Gasteiger partial charge in [-0.2, -0.15) is 5.26 Å². The number of rotatable bonds is 8. The molecule has 1 saturated carbocycles. The van der Waals surface area contributed by atoms with E-state index in [1.807, 2.05) is 6.07 Å². The second kappa shape index (κ2) is 8.77. The van der Waals surface area contributed by atoms with Crippen molar-refractivity contribution < 1.29 is 18.7 Å². The van der Waals surface area contributed by atoms with E-state index in [1.165, 1.54) is 19.3 Å². The quantitative estimate of drug-likeness (QED) is 0.442. The summed E-state index contributed by atoms with van der Waals surface area (Å²) in [6.45, 7) is 1.68. The summed E-state index contributed by atoms with van der Waals surface area (Å²) in [7, 11) is 1.53. The number of pyridine rings is 2. The highest BCUT2D eigenvalue weighted by Crippen LogP contribution is 2.36. The van der Waals surface area contributed by atoms with Gasteiger partial charge in [-0.1, -0.05) is 0 Å². The highest BCUT2D eigenvalue weighted by Gasteiger charge is 2.36. The van der Waals surface area contributed by atoms with Crippen LogP contribution in [0.4, 0.5) is 36.7 Å². The predicted octanol–water partition coefficient (Wildman–Crippen LogP) is 3.26. The van der Waals surface area contributed by atoms with Gasteiger partial charge in [0.1, 0.15) is 6.07 Å². The van der Waals surface area contributed by atoms with Gasteiger partial charge in [0, 0.05) is 19.2 Å². The first-order chi connectivity index (χ1) is 14.3. The summed E-state index contributed by atoms with van der Waals surface area (Å²) in [6, 6.07) is 3.17. The average Bonchev–Trinajstić information content (AvgIpc) is 3.52. The summed E-state index contributed by atoms with van der Waals surface area (Å²) in [5.74, 6) is -1.24. The van der Waals surface area contributed by atoms with Gasteiger partial charge in [-0.15, -0.1) is 0 Å². The Kier molecular flexibility index (Phi) is 6.15. The van der Waals surface area contributed by atoms with Gasteiger partial charge in [0.25, 0.3) is 0 Å². The SMILES string of the molecule is CNc1ncc(Nc2nc(N[C@@H](C3CC3)[C@H](C)NC(=O)O)c(F)cc2C#N)cc1F. The second-order valence-corrected chi connectivity index (χ2v) is 7.00. The molecule has 1 aliphatic rings. The number of amides is 1. The van der Waals surface area contributed by atoms with E-state index >= 15 is 0 Å². The number of anilines is 4. The van der Waals surface area contributed by atoms with Gasteiger partial charge in [-0.05, 0) is 31.7 Å². The molecule has 0 aliphatic heterocycles. The first kappa shape index (κ1) is 21.0. The third kappa shape index (κ3) is 4.83. The van der Waals surface area contributed by atoms with Crippen LogP contribution in [-0.2, 0) is 0 Å². The van der Waals surface area contributed by atoms with Crippen LogP contribution in [0.3, 0.4) is 0 Å². The Bertz CT molecular complexity index is 992. The molecule has 158 valence electrons. The molecule has 0 radical (unpaired) electrons. The van der Waals surface area contributed by atoms with E-state index in [1.54, 1.807) is 6.92 Å². The van der Waals surface area contributed by atoms with Crippen LogP contribution in [0.2, 0.25) is 0 Å². The molecule has 1 aliphatic carbocycles. The van der Waals surface area contributed by atoms with Crippen LogP contribution in [0.25, 0.3) is 0 Å². The second-order valence-electron chi connectivity index (χ2n) is 7.00. The van der Waals surface area contributed by atoms with Crippen LogP contribution >= 0.6 is 0 Å². The van der Waals surface area contributed by atoms with Crippen molar-refractivity contribution in [3.8, 4) is 6.07 Å². The number of halogens is 2. The van der Waals surface area contributed by atoms with Gasteiger partial charge in [0.05, 0.1) is 23.5 Å². The minimum Gasteiger partial charge on any atom is -0.465 e. The molecule has 30 heavy (non-hydrogen) atoms. The smallest absolute Gasteiger partial charge is 0.404 e. The Morgan fingerprint density at radius 3 is 2.53 bits per heavy atom. The maximum Gasteiger partial charge on any atom is 0.404 e. The van der Waals surface area contributed by atoms with Gasteiger partial charge in [-0.3, -0.25) is 0 Å². The van der Waals surface area contributed by atoms with Crippen LogP contribution in [0, 0.1) is 28.9 Å². The van der Waals surface area contributed by atoms with Gasteiger partial charge >= 0.3 is 6.09 Å². The normalized spacial score (nSPS) is 14.9. The highest BCUT2D eigenvalue weighted by molar-refractivity contribution is 5.66. The topological polar surface area (TPSA) is 135 Å². The summed E-state index contributed by atoms with van der Waals surface area (Å²) in [5, 5.41) is 29.0. The van der Waals surface area contributed by atoms with Crippen LogP contribution in [0.15, 0.2) is 18.3 Å². The Balaban J connectivity index is 1.88.